The van der Waals surface area contributed by atoms with Crippen LogP contribution in [-0.2, 0) is 33.2 Å². The minimum Gasteiger partial charge on any atom is -0.394 e. The van der Waals surface area contributed by atoms with Crippen LogP contribution in [0.15, 0.2) is 60.8 Å². The first-order valence-electron chi connectivity index (χ1n) is 48.0. The second kappa shape index (κ2) is 75.2. The minimum absolute atomic E-state index is 0.234. The van der Waals surface area contributed by atoms with E-state index in [1.807, 2.05) is 0 Å². The van der Waals surface area contributed by atoms with E-state index in [4.69, 9.17) is 28.4 Å². The quantitative estimate of drug-likeness (QED) is 0.0199. The molecule has 0 aromatic heterocycles. The number of ether oxygens (including phenoxy) is 6. The first kappa shape index (κ1) is 107. The number of rotatable bonds is 79. The van der Waals surface area contributed by atoms with Crippen LogP contribution in [0.1, 0.15) is 412 Å². The fourth-order valence-corrected chi connectivity index (χ4v) is 16.3. The Balaban J connectivity index is 1.28. The van der Waals surface area contributed by atoms with Gasteiger partial charge in [0.15, 0.2) is 18.9 Å². The molecular weight excluding hydrogens is 1460 g/mol. The minimum atomic E-state index is -1.97. The van der Waals surface area contributed by atoms with Gasteiger partial charge in [-0.1, -0.05) is 408 Å². The molecule has 12 N–H and O–H groups in total. The Morgan fingerprint density at radius 1 is 0.322 bits per heavy atom. The molecule has 0 bridgehead atoms. The van der Waals surface area contributed by atoms with E-state index >= 15 is 0 Å². The summed E-state index contributed by atoms with van der Waals surface area (Å²) >= 11 is 0. The SMILES string of the molecule is CC/C=C\C/C=C\C/C=C\C/C=C\C/C=C\CCCCCCCCCCCCCCCCCCCCCCCCCCCC(=O)NC(COC1OC(CO)C(OC2OC(CO)C(OC3OC(CO)C(O)C(O)C3O)C(O)C2O)C(O)C1O)C(O)CCCCCCCCCCCCCCCCCCCCCCCCCCCCCCC. The Hall–Kier alpha value is -2.51. The van der Waals surface area contributed by atoms with Gasteiger partial charge in [-0.15, -0.1) is 0 Å². The van der Waals surface area contributed by atoms with E-state index < -0.39 is 124 Å². The van der Waals surface area contributed by atoms with Crippen LogP contribution in [0.2, 0.25) is 0 Å². The summed E-state index contributed by atoms with van der Waals surface area (Å²) in [5.41, 5.74) is 0. The molecule has 0 radical (unpaired) electrons. The molecule has 1 amide bonds. The van der Waals surface area contributed by atoms with E-state index in [-0.39, 0.29) is 18.9 Å². The van der Waals surface area contributed by atoms with Crippen LogP contribution >= 0.6 is 0 Å². The van der Waals surface area contributed by atoms with E-state index in [0.29, 0.717) is 12.8 Å². The lowest BCUT2D eigenvalue weighted by Gasteiger charge is -2.48. The van der Waals surface area contributed by atoms with E-state index in [0.717, 1.165) is 77.0 Å². The van der Waals surface area contributed by atoms with Gasteiger partial charge in [-0.3, -0.25) is 4.79 Å². The lowest BCUT2D eigenvalue weighted by Crippen LogP contribution is -2.66. The van der Waals surface area contributed by atoms with Crippen molar-refractivity contribution in [1.29, 1.82) is 0 Å². The number of hydrogen-bond acceptors (Lipinski definition) is 18. The first-order chi connectivity index (χ1) is 56.3. The molecule has 3 aliphatic heterocycles. The van der Waals surface area contributed by atoms with Gasteiger partial charge in [0, 0.05) is 6.42 Å². The van der Waals surface area contributed by atoms with Crippen molar-refractivity contribution in [1.82, 2.24) is 5.32 Å². The Kier molecular flexibility index (Phi) is 69.8. The third kappa shape index (κ3) is 53.2. The average Bonchev–Trinajstić information content (AvgIpc) is 0.778. The van der Waals surface area contributed by atoms with Crippen LogP contribution in [0.25, 0.3) is 0 Å². The summed E-state index contributed by atoms with van der Waals surface area (Å²) in [6.07, 6.45) is 73.5. The predicted octanol–water partition coefficient (Wildman–Crippen LogP) is 19.3. The number of allylic oxidation sites excluding steroid dienone is 10. The largest absolute Gasteiger partial charge is 0.394 e. The second-order valence-corrected chi connectivity index (χ2v) is 34.2. The highest BCUT2D eigenvalue weighted by atomic mass is 16.8. The molecule has 3 aliphatic rings. The number of amides is 1. The van der Waals surface area contributed by atoms with E-state index in [2.05, 4.69) is 79.9 Å². The summed E-state index contributed by atoms with van der Waals surface area (Å²) in [6.45, 7) is 1.76. The smallest absolute Gasteiger partial charge is 0.220 e. The maximum atomic E-state index is 13.6. The van der Waals surface area contributed by atoms with Crippen molar-refractivity contribution in [3.8, 4) is 0 Å². The van der Waals surface area contributed by atoms with Crippen LogP contribution in [-0.4, -0.2) is 193 Å². The zero-order chi connectivity index (χ0) is 83.1. The standard InChI is InChI=1S/C96H177NO18/c1-3-5-7-9-11-13-15-17-19-21-23-25-27-29-31-33-34-35-36-37-38-39-40-41-42-43-44-46-48-50-52-54-56-58-60-62-64-66-68-70-72-74-84(102)97-79(80(101)73-71-69-67-65-63-61-59-57-55-53-51-49-47-45-32-30-28-26-24-22-20-18-16-14-12-10-8-6-4-2)78-110-94-90(108)87(105)92(82(76-99)112-94)115-96-91(109)88(106)93(83(77-100)113-96)114-95-89(107)86(104)85(103)81(75-98)111-95/h5,7,11,13,17,19,23,25,29,31,79-83,85-96,98-101,103-109H,3-4,6,8-10,12,14-16,18,20-22,24,26-28,30,32-78H2,1-2H3,(H,97,102)/b7-5-,13-11-,19-17-,25-23-,31-29-. The number of unbranched alkanes of at least 4 members (excludes halogenated alkanes) is 53. The maximum absolute atomic E-state index is 13.6. The molecule has 3 heterocycles. The van der Waals surface area contributed by atoms with E-state index in [1.165, 1.54) is 302 Å². The highest BCUT2D eigenvalue weighted by Gasteiger charge is 2.54. The monoisotopic (exact) mass is 1630 g/mol. The van der Waals surface area contributed by atoms with E-state index in [1.54, 1.807) is 0 Å². The molecule has 19 nitrogen and oxygen atoms in total. The molecule has 3 rings (SSSR count). The van der Waals surface area contributed by atoms with E-state index in [9.17, 15) is 61.0 Å². The highest BCUT2D eigenvalue weighted by Crippen LogP contribution is 2.34. The van der Waals surface area contributed by atoms with Crippen molar-refractivity contribution >= 4 is 5.91 Å². The van der Waals surface area contributed by atoms with Crippen molar-refractivity contribution in [2.75, 3.05) is 26.4 Å². The number of aliphatic hydroxyl groups is 11. The fraction of sp³-hybridized carbons (Fsp3) is 0.885. The summed E-state index contributed by atoms with van der Waals surface area (Å²) < 4.78 is 34.6. The van der Waals surface area contributed by atoms with Crippen LogP contribution in [0.3, 0.4) is 0 Å². The molecule has 0 aliphatic carbocycles. The molecule has 17 atom stereocenters. The number of nitrogens with one attached hydrogen (secondary N) is 1. The van der Waals surface area contributed by atoms with Crippen LogP contribution in [0.5, 0.6) is 0 Å². The Labute approximate surface area is 700 Å². The Bertz CT molecular complexity index is 2310. The predicted molar refractivity (Wildman–Crippen MR) is 466 cm³/mol. The number of carbonyl (C=O) groups is 1. The topological polar surface area (TPSA) is 307 Å². The molecule has 0 aromatic rings. The number of carbonyl (C=O) groups excluding carboxylic acids is 1. The summed E-state index contributed by atoms with van der Waals surface area (Å²) in [4.78, 5) is 13.6. The van der Waals surface area contributed by atoms with Crippen LogP contribution < -0.4 is 5.32 Å². The molecular formula is C96H177NO18. The van der Waals surface area contributed by atoms with Gasteiger partial charge in [-0.05, 0) is 57.8 Å². The van der Waals surface area contributed by atoms with Gasteiger partial charge in [0.1, 0.15) is 73.2 Å². The molecule has 19 heteroatoms. The van der Waals surface area contributed by atoms with Crippen molar-refractivity contribution in [2.45, 2.75) is 516 Å². The van der Waals surface area contributed by atoms with Gasteiger partial charge in [0.25, 0.3) is 0 Å². The first-order valence-corrected chi connectivity index (χ1v) is 48.0. The summed E-state index contributed by atoms with van der Waals surface area (Å²) in [7, 11) is 0. The second-order valence-electron chi connectivity index (χ2n) is 34.2. The number of aliphatic hydroxyl groups excluding tert-OH is 11. The van der Waals surface area contributed by atoms with Crippen molar-refractivity contribution in [3.63, 3.8) is 0 Å². The van der Waals surface area contributed by atoms with Gasteiger partial charge in [-0.25, -0.2) is 0 Å². The molecule has 0 aromatic carbocycles. The molecule has 115 heavy (non-hydrogen) atoms. The molecule has 0 saturated carbocycles. The lowest BCUT2D eigenvalue weighted by molar-refractivity contribution is -0.379. The van der Waals surface area contributed by atoms with Gasteiger partial charge < -0.3 is 89.9 Å². The van der Waals surface area contributed by atoms with Crippen molar-refractivity contribution < 1.29 is 89.4 Å². The molecule has 3 saturated heterocycles. The zero-order valence-corrected chi connectivity index (χ0v) is 73.0. The summed E-state index contributed by atoms with van der Waals surface area (Å²) in [5.74, 6) is -0.234. The summed E-state index contributed by atoms with van der Waals surface area (Å²) in [6, 6.07) is -0.889. The summed E-state index contributed by atoms with van der Waals surface area (Å²) in [5, 5.41) is 122. The Morgan fingerprint density at radius 2 is 0.600 bits per heavy atom. The van der Waals surface area contributed by atoms with Crippen LogP contribution in [0, 0.1) is 0 Å². The Morgan fingerprint density at radius 3 is 0.939 bits per heavy atom. The van der Waals surface area contributed by atoms with Crippen molar-refractivity contribution in [3.05, 3.63) is 60.8 Å². The normalized spacial score (nSPS) is 24.8. The molecule has 674 valence electrons. The highest BCUT2D eigenvalue weighted by molar-refractivity contribution is 5.76. The van der Waals surface area contributed by atoms with Crippen molar-refractivity contribution in [2.24, 2.45) is 0 Å². The zero-order valence-electron chi connectivity index (χ0n) is 73.0. The van der Waals surface area contributed by atoms with Gasteiger partial charge in [-0.2, -0.15) is 0 Å². The molecule has 3 fully saturated rings. The lowest BCUT2D eigenvalue weighted by atomic mass is 9.96. The third-order valence-electron chi connectivity index (χ3n) is 23.9. The van der Waals surface area contributed by atoms with Gasteiger partial charge in [0.05, 0.1) is 38.6 Å². The molecule has 17 unspecified atom stereocenters. The van der Waals surface area contributed by atoms with Gasteiger partial charge in [0.2, 0.25) is 5.91 Å². The van der Waals surface area contributed by atoms with Crippen LogP contribution in [0.4, 0.5) is 0 Å². The van der Waals surface area contributed by atoms with Gasteiger partial charge >= 0.3 is 0 Å². The number of hydrogen-bond donors (Lipinski definition) is 12. The maximum Gasteiger partial charge on any atom is 0.220 e. The fourth-order valence-electron chi connectivity index (χ4n) is 16.3. The third-order valence-corrected chi connectivity index (χ3v) is 23.9. The molecule has 0 spiro atoms. The average molecular weight is 1630 g/mol.